The quantitative estimate of drug-likeness (QED) is 0.0908. The van der Waals surface area contributed by atoms with Crippen molar-refractivity contribution in [2.75, 3.05) is 27.1 Å². The van der Waals surface area contributed by atoms with Crippen molar-refractivity contribution in [3.63, 3.8) is 0 Å². The van der Waals surface area contributed by atoms with Gasteiger partial charge in [0.1, 0.15) is 5.75 Å². The fraction of sp³-hybridized carbons (Fsp3) is 0.207. The van der Waals surface area contributed by atoms with Gasteiger partial charge in [0.05, 0.1) is 33.3 Å². The second-order valence-corrected chi connectivity index (χ2v) is 9.58. The minimum absolute atomic E-state index is 0.0436. The van der Waals surface area contributed by atoms with Crippen LogP contribution in [0.25, 0.3) is 17.1 Å². The van der Waals surface area contributed by atoms with Crippen LogP contribution in [-0.2, 0) is 9.59 Å². The Morgan fingerprint density at radius 1 is 0.951 bits per heavy atom. The molecular weight excluding hydrogens is 546 g/mol. The number of benzene rings is 3. The summed E-state index contributed by atoms with van der Waals surface area (Å²) in [6.07, 6.45) is 1.43. The number of thioether (sulfide) groups is 1. The Bertz CT molecular complexity index is 1530. The molecule has 1 amide bonds. The van der Waals surface area contributed by atoms with E-state index in [0.717, 1.165) is 22.6 Å². The first kappa shape index (κ1) is 29.2. The Labute approximate surface area is 241 Å². The first-order valence-electron chi connectivity index (χ1n) is 12.4. The second-order valence-electron chi connectivity index (χ2n) is 8.64. The number of hydrogen-bond donors (Lipinski definition) is 1. The maximum absolute atomic E-state index is 12.6. The molecule has 0 spiro atoms. The summed E-state index contributed by atoms with van der Waals surface area (Å²) in [5.74, 6) is 1.29. The summed E-state index contributed by atoms with van der Waals surface area (Å²) in [6.45, 7) is 3.30. The molecule has 12 heteroatoms. The monoisotopic (exact) mass is 575 g/mol. The number of hydrogen-bond acceptors (Lipinski definition) is 10. The second kappa shape index (κ2) is 13.5. The smallest absolute Gasteiger partial charge is 0.308 e. The number of nitrogens with one attached hydrogen (secondary N) is 1. The SMILES string of the molecule is COc1ccc(-c2nnc(SCC(=O)NN=Cc3cc(OC)c(OC(C)=O)c(OC)c3)n2-c2ccc(C)cc2)cc1. The zero-order chi connectivity index (χ0) is 29.4. The van der Waals surface area contributed by atoms with Gasteiger partial charge < -0.3 is 18.9 Å². The molecule has 4 aromatic rings. The van der Waals surface area contributed by atoms with Crippen molar-refractivity contribution in [1.29, 1.82) is 0 Å². The number of esters is 1. The van der Waals surface area contributed by atoms with E-state index in [-0.39, 0.29) is 28.9 Å². The van der Waals surface area contributed by atoms with Gasteiger partial charge in [-0.1, -0.05) is 29.5 Å². The van der Waals surface area contributed by atoms with E-state index in [2.05, 4.69) is 20.7 Å². The van der Waals surface area contributed by atoms with Gasteiger partial charge in [0.25, 0.3) is 5.91 Å². The molecule has 0 unspecified atom stereocenters. The number of hydrazone groups is 1. The molecule has 0 saturated heterocycles. The highest BCUT2D eigenvalue weighted by Crippen LogP contribution is 2.38. The highest BCUT2D eigenvalue weighted by atomic mass is 32.2. The first-order valence-corrected chi connectivity index (χ1v) is 13.4. The van der Waals surface area contributed by atoms with Crippen molar-refractivity contribution in [2.24, 2.45) is 5.10 Å². The number of methoxy groups -OCH3 is 3. The van der Waals surface area contributed by atoms with Crippen LogP contribution in [0.5, 0.6) is 23.0 Å². The standard InChI is InChI=1S/C29H29N5O6S/c1-18-6-10-22(11-7-18)34-28(21-8-12-23(37-3)13-9-21)32-33-29(34)41-17-26(36)31-30-16-20-14-24(38-4)27(40-19(2)35)25(15-20)39-5/h6-16H,17H2,1-5H3,(H,31,36). The van der Waals surface area contributed by atoms with E-state index in [0.29, 0.717) is 16.5 Å². The first-order chi connectivity index (χ1) is 19.8. The van der Waals surface area contributed by atoms with Crippen LogP contribution in [0, 0.1) is 6.92 Å². The zero-order valence-electron chi connectivity index (χ0n) is 23.2. The van der Waals surface area contributed by atoms with Crippen molar-refractivity contribution in [2.45, 2.75) is 19.0 Å². The molecule has 0 aliphatic rings. The maximum Gasteiger partial charge on any atom is 0.308 e. The summed E-state index contributed by atoms with van der Waals surface area (Å²) in [5, 5.41) is 13.4. The number of nitrogens with zero attached hydrogens (tertiary/aromatic N) is 4. The minimum Gasteiger partial charge on any atom is -0.497 e. The molecule has 0 radical (unpaired) electrons. The van der Waals surface area contributed by atoms with Crippen LogP contribution in [0.15, 0.2) is 70.9 Å². The molecule has 1 heterocycles. The molecule has 0 bridgehead atoms. The summed E-state index contributed by atoms with van der Waals surface area (Å²) in [6, 6.07) is 18.7. The van der Waals surface area contributed by atoms with Crippen LogP contribution >= 0.6 is 11.8 Å². The molecule has 0 atom stereocenters. The maximum atomic E-state index is 12.6. The number of carbonyl (C=O) groups is 2. The van der Waals surface area contributed by atoms with E-state index < -0.39 is 5.97 Å². The fourth-order valence-corrected chi connectivity index (χ4v) is 4.52. The molecule has 3 aromatic carbocycles. The van der Waals surface area contributed by atoms with Crippen molar-refractivity contribution >= 4 is 29.9 Å². The van der Waals surface area contributed by atoms with Gasteiger partial charge in [0.2, 0.25) is 5.75 Å². The summed E-state index contributed by atoms with van der Waals surface area (Å²) in [4.78, 5) is 24.1. The molecule has 1 aromatic heterocycles. The number of carbonyl (C=O) groups excluding carboxylic acids is 2. The molecule has 0 saturated carbocycles. The molecular formula is C29H29N5O6S. The highest BCUT2D eigenvalue weighted by molar-refractivity contribution is 7.99. The predicted molar refractivity (Wildman–Crippen MR) is 155 cm³/mol. The molecule has 1 N–H and O–H groups in total. The van der Waals surface area contributed by atoms with Crippen LogP contribution in [0.4, 0.5) is 0 Å². The Kier molecular flexibility index (Phi) is 9.59. The van der Waals surface area contributed by atoms with E-state index in [1.165, 1.54) is 39.1 Å². The number of amides is 1. The molecule has 11 nitrogen and oxygen atoms in total. The Hall–Kier alpha value is -4.84. The summed E-state index contributed by atoms with van der Waals surface area (Å²) in [7, 11) is 4.50. The van der Waals surface area contributed by atoms with Crippen molar-refractivity contribution in [3.8, 4) is 40.1 Å². The highest BCUT2D eigenvalue weighted by Gasteiger charge is 2.18. The predicted octanol–water partition coefficient (Wildman–Crippen LogP) is 4.44. The van der Waals surface area contributed by atoms with Gasteiger partial charge in [-0.2, -0.15) is 5.10 Å². The Morgan fingerprint density at radius 2 is 1.61 bits per heavy atom. The van der Waals surface area contributed by atoms with Gasteiger partial charge in [-0.05, 0) is 55.5 Å². The van der Waals surface area contributed by atoms with Crippen molar-refractivity contribution < 1.29 is 28.5 Å². The van der Waals surface area contributed by atoms with E-state index >= 15 is 0 Å². The normalized spacial score (nSPS) is 10.9. The van der Waals surface area contributed by atoms with E-state index in [1.54, 1.807) is 19.2 Å². The van der Waals surface area contributed by atoms with Crippen LogP contribution in [0.1, 0.15) is 18.1 Å². The van der Waals surface area contributed by atoms with Crippen LogP contribution in [0.2, 0.25) is 0 Å². The summed E-state index contributed by atoms with van der Waals surface area (Å²) >= 11 is 1.23. The third-order valence-electron chi connectivity index (χ3n) is 5.74. The van der Waals surface area contributed by atoms with Crippen LogP contribution in [0.3, 0.4) is 0 Å². The third-order valence-corrected chi connectivity index (χ3v) is 6.67. The lowest BCUT2D eigenvalue weighted by Gasteiger charge is -2.13. The molecule has 212 valence electrons. The Balaban J connectivity index is 1.49. The molecule has 41 heavy (non-hydrogen) atoms. The summed E-state index contributed by atoms with van der Waals surface area (Å²) in [5.41, 5.74) is 5.91. The molecule has 0 aliphatic carbocycles. The molecule has 0 fully saturated rings. The van der Waals surface area contributed by atoms with Gasteiger partial charge in [0.15, 0.2) is 22.5 Å². The van der Waals surface area contributed by atoms with Gasteiger partial charge >= 0.3 is 5.97 Å². The number of aryl methyl sites for hydroxylation is 1. The third kappa shape index (κ3) is 7.22. The molecule has 0 aliphatic heterocycles. The summed E-state index contributed by atoms with van der Waals surface area (Å²) < 4.78 is 23.0. The lowest BCUT2D eigenvalue weighted by atomic mass is 10.2. The lowest BCUT2D eigenvalue weighted by molar-refractivity contribution is -0.132. The van der Waals surface area contributed by atoms with Gasteiger partial charge in [-0.3, -0.25) is 14.2 Å². The Morgan fingerprint density at radius 3 is 2.20 bits per heavy atom. The number of ether oxygens (including phenoxy) is 4. The zero-order valence-corrected chi connectivity index (χ0v) is 24.0. The van der Waals surface area contributed by atoms with Gasteiger partial charge in [-0.25, -0.2) is 5.43 Å². The lowest BCUT2D eigenvalue weighted by Crippen LogP contribution is -2.20. The average Bonchev–Trinajstić information content (AvgIpc) is 3.40. The minimum atomic E-state index is -0.512. The van der Waals surface area contributed by atoms with Crippen molar-refractivity contribution in [3.05, 3.63) is 71.8 Å². The molecule has 4 rings (SSSR count). The average molecular weight is 576 g/mol. The number of rotatable bonds is 11. The largest absolute Gasteiger partial charge is 0.497 e. The van der Waals surface area contributed by atoms with E-state index in [9.17, 15) is 9.59 Å². The van der Waals surface area contributed by atoms with Crippen LogP contribution in [-0.4, -0.2) is 59.9 Å². The van der Waals surface area contributed by atoms with E-state index in [1.807, 2.05) is 60.0 Å². The van der Waals surface area contributed by atoms with Crippen molar-refractivity contribution in [1.82, 2.24) is 20.2 Å². The van der Waals surface area contributed by atoms with Gasteiger partial charge in [0, 0.05) is 23.7 Å². The van der Waals surface area contributed by atoms with Gasteiger partial charge in [-0.15, -0.1) is 10.2 Å². The van der Waals surface area contributed by atoms with Crippen LogP contribution < -0.4 is 24.4 Å². The fourth-order valence-electron chi connectivity index (χ4n) is 3.78. The van der Waals surface area contributed by atoms with E-state index in [4.69, 9.17) is 18.9 Å². The topological polar surface area (TPSA) is 126 Å². The number of aromatic nitrogens is 3.